The van der Waals surface area contributed by atoms with Gasteiger partial charge in [-0.3, -0.25) is 0 Å². The number of methoxy groups -OCH3 is 1. The highest BCUT2D eigenvalue weighted by atomic mass is 16.5. The van der Waals surface area contributed by atoms with E-state index in [0.717, 1.165) is 6.42 Å². The van der Waals surface area contributed by atoms with Gasteiger partial charge in [0.1, 0.15) is 0 Å². The molecular weight excluding hydrogens is 210 g/mol. The Labute approximate surface area is 104 Å². The standard InChI is InChI=1S/C15H23NO/c1-10-4-5-12(8-11(10)2)9-14(16)15(17-3)13-6-7-13/h4-5,8,13-15H,6-7,9,16H2,1-3H3. The first-order valence-electron chi connectivity index (χ1n) is 6.46. The second-order valence-electron chi connectivity index (χ2n) is 5.32. The molecule has 0 spiro atoms. The van der Waals surface area contributed by atoms with Crippen molar-refractivity contribution in [1.29, 1.82) is 0 Å². The zero-order valence-corrected chi connectivity index (χ0v) is 11.1. The molecule has 0 heterocycles. The van der Waals surface area contributed by atoms with Crippen LogP contribution in [0.15, 0.2) is 18.2 Å². The van der Waals surface area contributed by atoms with E-state index in [1.54, 1.807) is 7.11 Å². The molecule has 94 valence electrons. The van der Waals surface area contributed by atoms with E-state index in [4.69, 9.17) is 10.5 Å². The van der Waals surface area contributed by atoms with Crippen LogP contribution >= 0.6 is 0 Å². The summed E-state index contributed by atoms with van der Waals surface area (Å²) in [7, 11) is 1.78. The van der Waals surface area contributed by atoms with Gasteiger partial charge in [-0.25, -0.2) is 0 Å². The van der Waals surface area contributed by atoms with Crippen LogP contribution in [0.2, 0.25) is 0 Å². The minimum atomic E-state index is 0.120. The van der Waals surface area contributed by atoms with E-state index in [2.05, 4.69) is 32.0 Å². The van der Waals surface area contributed by atoms with Gasteiger partial charge in [0.05, 0.1) is 6.10 Å². The van der Waals surface area contributed by atoms with Gasteiger partial charge < -0.3 is 10.5 Å². The summed E-state index contributed by atoms with van der Waals surface area (Å²) in [6, 6.07) is 6.72. The fourth-order valence-corrected chi connectivity index (χ4v) is 2.46. The Kier molecular flexibility index (Phi) is 3.85. The van der Waals surface area contributed by atoms with E-state index >= 15 is 0 Å². The van der Waals surface area contributed by atoms with E-state index in [0.29, 0.717) is 5.92 Å². The van der Waals surface area contributed by atoms with Crippen LogP contribution in [0, 0.1) is 19.8 Å². The van der Waals surface area contributed by atoms with Crippen LogP contribution in [0.25, 0.3) is 0 Å². The smallest absolute Gasteiger partial charge is 0.0753 e. The first-order valence-corrected chi connectivity index (χ1v) is 6.46. The third-order valence-electron chi connectivity index (χ3n) is 3.82. The molecule has 2 unspecified atom stereocenters. The van der Waals surface area contributed by atoms with Gasteiger partial charge in [-0.1, -0.05) is 18.2 Å². The van der Waals surface area contributed by atoms with Crippen molar-refractivity contribution in [1.82, 2.24) is 0 Å². The summed E-state index contributed by atoms with van der Waals surface area (Å²) in [5.74, 6) is 0.696. The number of hydrogen-bond acceptors (Lipinski definition) is 2. The molecule has 0 radical (unpaired) electrons. The monoisotopic (exact) mass is 233 g/mol. The highest BCUT2D eigenvalue weighted by Gasteiger charge is 2.35. The van der Waals surface area contributed by atoms with Crippen molar-refractivity contribution >= 4 is 0 Å². The zero-order valence-electron chi connectivity index (χ0n) is 11.1. The maximum absolute atomic E-state index is 6.26. The van der Waals surface area contributed by atoms with Crippen LogP contribution in [0.5, 0.6) is 0 Å². The van der Waals surface area contributed by atoms with E-state index in [-0.39, 0.29) is 12.1 Å². The fraction of sp³-hybridized carbons (Fsp3) is 0.600. The van der Waals surface area contributed by atoms with E-state index in [1.165, 1.54) is 29.5 Å². The molecule has 0 aromatic heterocycles. The molecule has 1 fully saturated rings. The molecule has 2 heteroatoms. The second kappa shape index (κ2) is 5.19. The summed E-state index contributed by atoms with van der Waals surface area (Å²) in [6.45, 7) is 4.29. The molecule has 1 aliphatic rings. The maximum atomic E-state index is 6.26. The average Bonchev–Trinajstić information content (AvgIpc) is 3.09. The maximum Gasteiger partial charge on any atom is 0.0753 e. The van der Waals surface area contributed by atoms with E-state index < -0.39 is 0 Å². The molecule has 2 atom stereocenters. The lowest BCUT2D eigenvalue weighted by Crippen LogP contribution is -2.39. The molecule has 17 heavy (non-hydrogen) atoms. The molecular formula is C15H23NO. The highest BCUT2D eigenvalue weighted by Crippen LogP contribution is 2.35. The second-order valence-corrected chi connectivity index (χ2v) is 5.32. The summed E-state index contributed by atoms with van der Waals surface area (Å²) in [5, 5.41) is 0. The minimum Gasteiger partial charge on any atom is -0.380 e. The molecule has 2 nitrogen and oxygen atoms in total. The van der Waals surface area contributed by atoms with Crippen molar-refractivity contribution < 1.29 is 4.74 Å². The lowest BCUT2D eigenvalue weighted by Gasteiger charge is -2.22. The van der Waals surface area contributed by atoms with Crippen molar-refractivity contribution in [2.75, 3.05) is 7.11 Å². The van der Waals surface area contributed by atoms with Gasteiger partial charge in [0, 0.05) is 13.2 Å². The molecule has 0 amide bonds. The predicted molar refractivity (Wildman–Crippen MR) is 71.1 cm³/mol. The molecule has 0 aliphatic heterocycles. The summed E-state index contributed by atoms with van der Waals surface area (Å²) < 4.78 is 5.54. The molecule has 1 aliphatic carbocycles. The van der Waals surface area contributed by atoms with Gasteiger partial charge in [-0.05, 0) is 55.7 Å². The summed E-state index contributed by atoms with van der Waals surface area (Å²) in [6.07, 6.45) is 3.70. The van der Waals surface area contributed by atoms with Crippen molar-refractivity contribution in [3.05, 3.63) is 34.9 Å². The molecule has 0 saturated heterocycles. The first-order chi connectivity index (χ1) is 8.11. The minimum absolute atomic E-state index is 0.120. The number of ether oxygens (including phenoxy) is 1. The van der Waals surface area contributed by atoms with E-state index in [9.17, 15) is 0 Å². The molecule has 0 bridgehead atoms. The molecule has 2 rings (SSSR count). The summed E-state index contributed by atoms with van der Waals surface area (Å²) in [5.41, 5.74) is 10.3. The van der Waals surface area contributed by atoms with Gasteiger partial charge in [-0.2, -0.15) is 0 Å². The number of rotatable bonds is 5. The van der Waals surface area contributed by atoms with Gasteiger partial charge in [0.15, 0.2) is 0 Å². The van der Waals surface area contributed by atoms with Crippen LogP contribution in [-0.4, -0.2) is 19.3 Å². The van der Waals surface area contributed by atoms with Gasteiger partial charge in [0.25, 0.3) is 0 Å². The van der Waals surface area contributed by atoms with Crippen molar-refractivity contribution in [2.24, 2.45) is 11.7 Å². The average molecular weight is 233 g/mol. The number of nitrogens with two attached hydrogens (primary N) is 1. The Hall–Kier alpha value is -0.860. The predicted octanol–water partition coefficient (Wildman–Crippen LogP) is 2.60. The lowest BCUT2D eigenvalue weighted by atomic mass is 9.97. The Bertz CT molecular complexity index is 385. The molecule has 1 aromatic carbocycles. The first kappa shape index (κ1) is 12.6. The van der Waals surface area contributed by atoms with Crippen molar-refractivity contribution in [2.45, 2.75) is 45.3 Å². The third kappa shape index (κ3) is 3.08. The lowest BCUT2D eigenvalue weighted by molar-refractivity contribution is 0.0627. The van der Waals surface area contributed by atoms with Crippen LogP contribution in [0.3, 0.4) is 0 Å². The van der Waals surface area contributed by atoms with Gasteiger partial charge >= 0.3 is 0 Å². The SMILES string of the molecule is COC(C(N)Cc1ccc(C)c(C)c1)C1CC1. The topological polar surface area (TPSA) is 35.2 Å². The molecule has 2 N–H and O–H groups in total. The van der Waals surface area contributed by atoms with Crippen LogP contribution in [-0.2, 0) is 11.2 Å². The largest absolute Gasteiger partial charge is 0.380 e. The Balaban J connectivity index is 2.01. The van der Waals surface area contributed by atoms with E-state index in [1.807, 2.05) is 0 Å². The van der Waals surface area contributed by atoms with Crippen LogP contribution in [0.1, 0.15) is 29.5 Å². The van der Waals surface area contributed by atoms with Crippen molar-refractivity contribution in [3.8, 4) is 0 Å². The zero-order chi connectivity index (χ0) is 12.4. The number of benzene rings is 1. The summed E-state index contributed by atoms with van der Waals surface area (Å²) in [4.78, 5) is 0. The normalized spacial score (nSPS) is 19.1. The van der Waals surface area contributed by atoms with Crippen molar-refractivity contribution in [3.63, 3.8) is 0 Å². The van der Waals surface area contributed by atoms with Gasteiger partial charge in [0.2, 0.25) is 0 Å². The van der Waals surface area contributed by atoms with Gasteiger partial charge in [-0.15, -0.1) is 0 Å². The number of aryl methyl sites for hydroxylation is 2. The third-order valence-corrected chi connectivity index (χ3v) is 3.82. The fourth-order valence-electron chi connectivity index (χ4n) is 2.46. The number of hydrogen-bond donors (Lipinski definition) is 1. The summed E-state index contributed by atoms with van der Waals surface area (Å²) >= 11 is 0. The highest BCUT2D eigenvalue weighted by molar-refractivity contribution is 5.30. The quantitative estimate of drug-likeness (QED) is 0.848. The van der Waals surface area contributed by atoms with Crippen LogP contribution in [0.4, 0.5) is 0 Å². The Morgan fingerprint density at radius 2 is 2.00 bits per heavy atom. The molecule has 1 aromatic rings. The van der Waals surface area contributed by atoms with Crippen LogP contribution < -0.4 is 5.73 Å². The Morgan fingerprint density at radius 3 is 2.53 bits per heavy atom. The molecule has 1 saturated carbocycles. The Morgan fingerprint density at radius 1 is 1.29 bits per heavy atom.